The van der Waals surface area contributed by atoms with Crippen molar-refractivity contribution < 1.29 is 14.3 Å². The van der Waals surface area contributed by atoms with Gasteiger partial charge in [0.15, 0.2) is 0 Å². The maximum absolute atomic E-state index is 13.5. The van der Waals surface area contributed by atoms with Crippen molar-refractivity contribution in [3.63, 3.8) is 0 Å². The number of benzene rings is 1. The summed E-state index contributed by atoms with van der Waals surface area (Å²) in [5.41, 5.74) is 1.35. The SMILES string of the molecule is Cc1nc2c(F)cccc2c(C(=O)O)c1C. The Bertz CT molecular complexity index is 593. The first kappa shape index (κ1) is 10.5. The Morgan fingerprint density at radius 1 is 1.38 bits per heavy atom. The molecule has 4 heteroatoms. The van der Waals surface area contributed by atoms with Crippen LogP contribution in [0.25, 0.3) is 10.9 Å². The van der Waals surface area contributed by atoms with Gasteiger partial charge in [0, 0.05) is 11.1 Å². The molecule has 16 heavy (non-hydrogen) atoms. The number of nitrogens with zero attached hydrogens (tertiary/aromatic N) is 1. The molecule has 0 amide bonds. The first-order valence-electron chi connectivity index (χ1n) is 4.81. The Balaban J connectivity index is 3.00. The molecule has 0 fully saturated rings. The molecule has 0 aliphatic carbocycles. The van der Waals surface area contributed by atoms with Gasteiger partial charge in [-0.05, 0) is 25.5 Å². The molecule has 0 radical (unpaired) electrons. The van der Waals surface area contributed by atoms with E-state index in [9.17, 15) is 9.18 Å². The average Bonchev–Trinajstić information content (AvgIpc) is 2.21. The van der Waals surface area contributed by atoms with E-state index >= 15 is 0 Å². The number of halogens is 1. The van der Waals surface area contributed by atoms with Gasteiger partial charge in [-0.1, -0.05) is 12.1 Å². The summed E-state index contributed by atoms with van der Waals surface area (Å²) in [6, 6.07) is 4.33. The van der Waals surface area contributed by atoms with Crippen molar-refractivity contribution in [2.75, 3.05) is 0 Å². The Morgan fingerprint density at radius 3 is 2.69 bits per heavy atom. The Labute approximate surface area is 91.5 Å². The number of rotatable bonds is 1. The van der Waals surface area contributed by atoms with E-state index in [-0.39, 0.29) is 11.1 Å². The van der Waals surface area contributed by atoms with Crippen molar-refractivity contribution in [3.8, 4) is 0 Å². The normalized spacial score (nSPS) is 10.7. The zero-order chi connectivity index (χ0) is 11.9. The summed E-state index contributed by atoms with van der Waals surface area (Å²) in [5.74, 6) is -1.55. The zero-order valence-electron chi connectivity index (χ0n) is 8.91. The van der Waals surface area contributed by atoms with Crippen LogP contribution in [0.15, 0.2) is 18.2 Å². The predicted octanol–water partition coefficient (Wildman–Crippen LogP) is 2.69. The van der Waals surface area contributed by atoms with E-state index in [0.29, 0.717) is 16.6 Å². The standard InChI is InChI=1S/C12H10FNO2/c1-6-7(2)14-11-8(10(6)12(15)16)4-3-5-9(11)13/h3-5H,1-2H3,(H,15,16). The van der Waals surface area contributed by atoms with Gasteiger partial charge in [0.05, 0.1) is 5.56 Å². The molecular formula is C12H10FNO2. The van der Waals surface area contributed by atoms with Gasteiger partial charge < -0.3 is 5.11 Å². The number of carboxylic acids is 1. The summed E-state index contributed by atoms with van der Waals surface area (Å²) in [7, 11) is 0. The van der Waals surface area contributed by atoms with Crippen molar-refractivity contribution in [3.05, 3.63) is 40.8 Å². The van der Waals surface area contributed by atoms with E-state index < -0.39 is 11.8 Å². The van der Waals surface area contributed by atoms with Crippen LogP contribution in [0.2, 0.25) is 0 Å². The second-order valence-electron chi connectivity index (χ2n) is 3.64. The number of hydrogen-bond acceptors (Lipinski definition) is 2. The van der Waals surface area contributed by atoms with Crippen molar-refractivity contribution in [2.45, 2.75) is 13.8 Å². The first-order chi connectivity index (χ1) is 7.52. The van der Waals surface area contributed by atoms with Crippen LogP contribution < -0.4 is 0 Å². The number of hydrogen-bond donors (Lipinski definition) is 1. The fourth-order valence-electron chi connectivity index (χ4n) is 1.74. The molecular weight excluding hydrogens is 209 g/mol. The highest BCUT2D eigenvalue weighted by Gasteiger charge is 2.16. The van der Waals surface area contributed by atoms with Gasteiger partial charge in [0.2, 0.25) is 0 Å². The minimum atomic E-state index is -1.06. The lowest BCUT2D eigenvalue weighted by molar-refractivity contribution is 0.0698. The highest BCUT2D eigenvalue weighted by molar-refractivity contribution is 6.04. The van der Waals surface area contributed by atoms with Gasteiger partial charge in [0.25, 0.3) is 0 Å². The van der Waals surface area contributed by atoms with Gasteiger partial charge in [0.1, 0.15) is 11.3 Å². The highest BCUT2D eigenvalue weighted by atomic mass is 19.1. The number of carbonyl (C=O) groups is 1. The molecule has 0 unspecified atom stereocenters. The summed E-state index contributed by atoms with van der Waals surface area (Å²) >= 11 is 0. The molecule has 1 aromatic carbocycles. The molecule has 1 N–H and O–H groups in total. The summed E-state index contributed by atoms with van der Waals surface area (Å²) in [6.45, 7) is 3.35. The van der Waals surface area contributed by atoms with Crippen molar-refractivity contribution in [1.82, 2.24) is 4.98 Å². The van der Waals surface area contributed by atoms with Gasteiger partial charge in [-0.2, -0.15) is 0 Å². The zero-order valence-corrected chi connectivity index (χ0v) is 8.91. The predicted molar refractivity (Wildman–Crippen MR) is 58.1 cm³/mol. The van der Waals surface area contributed by atoms with E-state index in [1.165, 1.54) is 12.1 Å². The lowest BCUT2D eigenvalue weighted by Gasteiger charge is -2.09. The minimum Gasteiger partial charge on any atom is -0.478 e. The fraction of sp³-hybridized carbons (Fsp3) is 0.167. The van der Waals surface area contributed by atoms with Crippen molar-refractivity contribution in [1.29, 1.82) is 0 Å². The summed E-state index contributed by atoms with van der Waals surface area (Å²) < 4.78 is 13.5. The quantitative estimate of drug-likeness (QED) is 0.802. The lowest BCUT2D eigenvalue weighted by atomic mass is 10.0. The fourth-order valence-corrected chi connectivity index (χ4v) is 1.74. The number of pyridine rings is 1. The number of aryl methyl sites for hydroxylation is 1. The number of fused-ring (bicyclic) bond motifs is 1. The van der Waals surface area contributed by atoms with Crippen LogP contribution in [0.1, 0.15) is 21.6 Å². The smallest absolute Gasteiger partial charge is 0.336 e. The lowest BCUT2D eigenvalue weighted by Crippen LogP contribution is -2.05. The summed E-state index contributed by atoms with van der Waals surface area (Å²) in [5, 5.41) is 9.47. The van der Waals surface area contributed by atoms with E-state index in [1.807, 2.05) is 0 Å². The van der Waals surface area contributed by atoms with Crippen LogP contribution in [0.4, 0.5) is 4.39 Å². The van der Waals surface area contributed by atoms with Crippen LogP contribution >= 0.6 is 0 Å². The summed E-state index contributed by atoms with van der Waals surface area (Å²) in [6.07, 6.45) is 0. The Morgan fingerprint density at radius 2 is 2.06 bits per heavy atom. The molecule has 1 heterocycles. The molecule has 0 saturated carbocycles. The third-order valence-corrected chi connectivity index (χ3v) is 2.67. The Kier molecular flexibility index (Phi) is 2.34. The molecule has 1 aromatic heterocycles. The second-order valence-corrected chi connectivity index (χ2v) is 3.64. The minimum absolute atomic E-state index is 0.114. The molecule has 0 atom stereocenters. The van der Waals surface area contributed by atoms with Gasteiger partial charge in [-0.3, -0.25) is 0 Å². The molecule has 3 nitrogen and oxygen atoms in total. The molecule has 0 spiro atoms. The maximum Gasteiger partial charge on any atom is 0.336 e. The highest BCUT2D eigenvalue weighted by Crippen LogP contribution is 2.24. The van der Waals surface area contributed by atoms with Gasteiger partial charge >= 0.3 is 5.97 Å². The molecule has 0 aliphatic heterocycles. The average molecular weight is 219 g/mol. The topological polar surface area (TPSA) is 50.2 Å². The van der Waals surface area contributed by atoms with E-state index in [4.69, 9.17) is 5.11 Å². The van der Waals surface area contributed by atoms with Crippen LogP contribution in [0, 0.1) is 19.7 Å². The van der Waals surface area contributed by atoms with Crippen LogP contribution in [0.5, 0.6) is 0 Å². The van der Waals surface area contributed by atoms with Crippen LogP contribution in [-0.4, -0.2) is 16.1 Å². The largest absolute Gasteiger partial charge is 0.478 e. The summed E-state index contributed by atoms with van der Waals surface area (Å²) in [4.78, 5) is 15.2. The van der Waals surface area contributed by atoms with Crippen LogP contribution in [0.3, 0.4) is 0 Å². The third kappa shape index (κ3) is 1.43. The van der Waals surface area contributed by atoms with E-state index in [2.05, 4.69) is 4.98 Å². The number of aromatic nitrogens is 1. The number of carboxylic acid groups (broad SMARTS) is 1. The Hall–Kier alpha value is -1.97. The first-order valence-corrected chi connectivity index (χ1v) is 4.81. The molecule has 2 rings (SSSR count). The number of para-hydroxylation sites is 1. The second kappa shape index (κ2) is 3.56. The molecule has 2 aromatic rings. The molecule has 0 saturated heterocycles. The van der Waals surface area contributed by atoms with Gasteiger partial charge in [-0.15, -0.1) is 0 Å². The molecule has 0 bridgehead atoms. The maximum atomic E-state index is 13.5. The van der Waals surface area contributed by atoms with Crippen molar-refractivity contribution >= 4 is 16.9 Å². The van der Waals surface area contributed by atoms with Gasteiger partial charge in [-0.25, -0.2) is 14.2 Å². The monoisotopic (exact) mass is 219 g/mol. The van der Waals surface area contributed by atoms with E-state index in [0.717, 1.165) is 0 Å². The van der Waals surface area contributed by atoms with E-state index in [1.54, 1.807) is 19.9 Å². The molecule has 82 valence electrons. The molecule has 0 aliphatic rings. The van der Waals surface area contributed by atoms with Crippen molar-refractivity contribution in [2.24, 2.45) is 0 Å². The third-order valence-electron chi connectivity index (χ3n) is 2.67. The number of aromatic carboxylic acids is 1. The van der Waals surface area contributed by atoms with Crippen LogP contribution in [-0.2, 0) is 0 Å².